The molecule has 0 bridgehead atoms. The molecule has 208 valence electrons. The van der Waals surface area contributed by atoms with Gasteiger partial charge in [-0.1, -0.05) is 29.8 Å². The maximum absolute atomic E-state index is 12.8. The van der Waals surface area contributed by atoms with Crippen LogP contribution in [0.1, 0.15) is 40.2 Å². The highest BCUT2D eigenvalue weighted by molar-refractivity contribution is 6.32. The van der Waals surface area contributed by atoms with E-state index in [0.29, 0.717) is 10.6 Å². The zero-order chi connectivity index (χ0) is 28.4. The van der Waals surface area contributed by atoms with Gasteiger partial charge in [0.25, 0.3) is 0 Å². The van der Waals surface area contributed by atoms with Gasteiger partial charge in [-0.05, 0) is 24.6 Å². The molecule has 2 rings (SSSR count). The van der Waals surface area contributed by atoms with E-state index in [1.165, 1.54) is 6.08 Å². The molecular formula is C25H29ClO12. The van der Waals surface area contributed by atoms with Crippen molar-refractivity contribution in [3.63, 3.8) is 0 Å². The van der Waals surface area contributed by atoms with Crippen LogP contribution in [-0.2, 0) is 57.1 Å². The van der Waals surface area contributed by atoms with Crippen LogP contribution in [0.5, 0.6) is 0 Å². The second-order valence-corrected chi connectivity index (χ2v) is 8.34. The van der Waals surface area contributed by atoms with Crippen molar-refractivity contribution in [3.05, 3.63) is 40.6 Å². The first kappa shape index (κ1) is 30.6. The largest absolute Gasteiger partial charge is 0.463 e. The Balaban J connectivity index is 2.59. The van der Waals surface area contributed by atoms with Crippen LogP contribution in [-0.4, -0.2) is 73.8 Å². The topological polar surface area (TPSA) is 150 Å². The van der Waals surface area contributed by atoms with Gasteiger partial charge < -0.3 is 33.2 Å². The second kappa shape index (κ2) is 14.3. The van der Waals surface area contributed by atoms with Crippen LogP contribution in [0.3, 0.4) is 0 Å². The molecule has 0 N–H and O–H groups in total. The molecule has 1 aliphatic heterocycles. The maximum atomic E-state index is 12.8. The van der Waals surface area contributed by atoms with Gasteiger partial charge >= 0.3 is 29.8 Å². The fourth-order valence-corrected chi connectivity index (χ4v) is 3.68. The molecule has 5 atom stereocenters. The lowest BCUT2D eigenvalue weighted by Crippen LogP contribution is -2.63. The lowest BCUT2D eigenvalue weighted by molar-refractivity contribution is -0.299. The second-order valence-electron chi connectivity index (χ2n) is 7.94. The molecule has 1 aliphatic rings. The predicted octanol–water partition coefficient (Wildman–Crippen LogP) is 2.34. The Bertz CT molecular complexity index is 1070. The molecule has 0 saturated carbocycles. The fourth-order valence-electron chi connectivity index (χ4n) is 3.49. The van der Waals surface area contributed by atoms with Crippen molar-refractivity contribution in [2.24, 2.45) is 0 Å². The number of esters is 5. The zero-order valence-corrected chi connectivity index (χ0v) is 22.2. The summed E-state index contributed by atoms with van der Waals surface area (Å²) in [5.41, 5.74) is 0.392. The molecule has 12 nitrogen and oxygen atoms in total. The minimum absolute atomic E-state index is 0.000623. The van der Waals surface area contributed by atoms with Gasteiger partial charge in [-0.15, -0.1) is 0 Å². The number of halogens is 1. The van der Waals surface area contributed by atoms with Crippen LogP contribution in [0.25, 0.3) is 6.08 Å². The monoisotopic (exact) mass is 556 g/mol. The van der Waals surface area contributed by atoms with Gasteiger partial charge in [0.1, 0.15) is 12.7 Å². The molecule has 38 heavy (non-hydrogen) atoms. The number of carbonyl (C=O) groups is 5. The molecule has 0 radical (unpaired) electrons. The van der Waals surface area contributed by atoms with E-state index >= 15 is 0 Å². The number of hydrogen-bond acceptors (Lipinski definition) is 12. The van der Waals surface area contributed by atoms with Crippen LogP contribution >= 0.6 is 11.6 Å². The first-order chi connectivity index (χ1) is 17.9. The van der Waals surface area contributed by atoms with Crippen LogP contribution in [0.4, 0.5) is 0 Å². The van der Waals surface area contributed by atoms with Crippen LogP contribution in [0.15, 0.2) is 30.0 Å². The lowest BCUT2D eigenvalue weighted by atomic mass is 9.98. The van der Waals surface area contributed by atoms with Gasteiger partial charge in [0, 0.05) is 32.7 Å². The number of benzene rings is 1. The van der Waals surface area contributed by atoms with E-state index < -0.39 is 67.2 Å². The Hall–Kier alpha value is -3.64. The molecule has 1 aromatic rings. The summed E-state index contributed by atoms with van der Waals surface area (Å²) in [5.74, 6) is -4.38. The highest BCUT2D eigenvalue weighted by Gasteiger charge is 2.53. The third-order valence-electron chi connectivity index (χ3n) is 4.86. The van der Waals surface area contributed by atoms with Crippen molar-refractivity contribution in [2.75, 3.05) is 13.2 Å². The molecule has 1 heterocycles. The van der Waals surface area contributed by atoms with Gasteiger partial charge in [-0.25, -0.2) is 4.79 Å². The number of rotatable bonds is 10. The van der Waals surface area contributed by atoms with Crippen molar-refractivity contribution in [3.8, 4) is 0 Å². The Morgan fingerprint density at radius 2 is 1.39 bits per heavy atom. The van der Waals surface area contributed by atoms with E-state index in [9.17, 15) is 24.0 Å². The average molecular weight is 557 g/mol. The predicted molar refractivity (Wildman–Crippen MR) is 129 cm³/mol. The molecule has 0 aliphatic carbocycles. The summed E-state index contributed by atoms with van der Waals surface area (Å²) in [7, 11) is 0. The molecular weight excluding hydrogens is 528 g/mol. The molecule has 0 spiro atoms. The summed E-state index contributed by atoms with van der Waals surface area (Å²) in [6.07, 6.45) is -5.96. The van der Waals surface area contributed by atoms with Crippen molar-refractivity contribution in [1.29, 1.82) is 0 Å². The normalized spacial score (nSPS) is 23.0. The Kier molecular flexibility index (Phi) is 11.5. The number of ether oxygens (including phenoxy) is 7. The summed E-state index contributed by atoms with van der Waals surface area (Å²) in [4.78, 5) is 60.1. The summed E-state index contributed by atoms with van der Waals surface area (Å²) in [6.45, 7) is 5.54. The van der Waals surface area contributed by atoms with Crippen molar-refractivity contribution >= 4 is 47.5 Å². The quantitative estimate of drug-likeness (QED) is 0.180. The minimum Gasteiger partial charge on any atom is -0.463 e. The molecule has 0 unspecified atom stereocenters. The van der Waals surface area contributed by atoms with E-state index in [1.54, 1.807) is 31.2 Å². The van der Waals surface area contributed by atoms with Gasteiger partial charge in [0.15, 0.2) is 12.2 Å². The summed E-state index contributed by atoms with van der Waals surface area (Å²) in [5, 5.41) is 0.291. The Morgan fingerprint density at radius 1 is 0.816 bits per heavy atom. The lowest BCUT2D eigenvalue weighted by Gasteiger charge is -2.43. The molecule has 0 aromatic heterocycles. The summed E-state index contributed by atoms with van der Waals surface area (Å²) >= 11 is 6.23. The molecule has 1 aromatic carbocycles. The van der Waals surface area contributed by atoms with Crippen molar-refractivity contribution in [1.82, 2.24) is 0 Å². The van der Waals surface area contributed by atoms with Gasteiger partial charge in [0.2, 0.25) is 18.2 Å². The molecule has 1 fully saturated rings. The van der Waals surface area contributed by atoms with Crippen molar-refractivity contribution in [2.45, 2.75) is 65.3 Å². The van der Waals surface area contributed by atoms with Gasteiger partial charge in [0.05, 0.1) is 6.61 Å². The third-order valence-corrected chi connectivity index (χ3v) is 5.20. The maximum Gasteiger partial charge on any atom is 0.373 e. The standard InChI is InChI=1S/C25H29ClO12/c1-6-32-24(31)19(11-17-9-7-8-10-18(17)26)37-25-23(36-16(5)30)22(35-15(4)29)21(34-14(3)28)20(38-25)12-33-13(2)27/h7-11,20-23,25H,6,12H2,1-5H3/t20-,21-,22+,23-,25-/m0/s1. The van der Waals surface area contributed by atoms with Crippen molar-refractivity contribution < 1.29 is 57.1 Å². The Morgan fingerprint density at radius 3 is 1.95 bits per heavy atom. The SMILES string of the molecule is CCOC(=O)C(=Cc1ccccc1Cl)O[C@H]1O[C@@H](COC(C)=O)[C@H](OC(C)=O)[C@@H](OC(C)=O)[C@@H]1OC(C)=O. The first-order valence-corrected chi connectivity index (χ1v) is 11.9. The summed E-state index contributed by atoms with van der Waals surface area (Å²) in [6, 6.07) is 6.56. The van der Waals surface area contributed by atoms with E-state index in [-0.39, 0.29) is 12.4 Å². The third kappa shape index (κ3) is 9.03. The molecule has 13 heteroatoms. The van der Waals surface area contributed by atoms with Crippen LogP contribution in [0.2, 0.25) is 5.02 Å². The van der Waals surface area contributed by atoms with Gasteiger partial charge in [-0.2, -0.15) is 0 Å². The van der Waals surface area contributed by atoms with E-state index in [0.717, 1.165) is 27.7 Å². The summed E-state index contributed by atoms with van der Waals surface area (Å²) < 4.78 is 37.8. The van der Waals surface area contributed by atoms with E-state index in [2.05, 4.69) is 0 Å². The smallest absolute Gasteiger partial charge is 0.373 e. The molecule has 1 saturated heterocycles. The first-order valence-electron chi connectivity index (χ1n) is 11.5. The molecule has 0 amide bonds. The number of carbonyl (C=O) groups excluding carboxylic acids is 5. The van der Waals surface area contributed by atoms with E-state index in [4.69, 9.17) is 44.8 Å². The zero-order valence-electron chi connectivity index (χ0n) is 21.5. The highest BCUT2D eigenvalue weighted by atomic mass is 35.5. The van der Waals surface area contributed by atoms with Gasteiger partial charge in [-0.3, -0.25) is 19.2 Å². The highest BCUT2D eigenvalue weighted by Crippen LogP contribution is 2.32. The average Bonchev–Trinajstić information content (AvgIpc) is 2.81. The Labute approximate surface area is 224 Å². The van der Waals surface area contributed by atoms with Crippen LogP contribution in [0, 0.1) is 0 Å². The van der Waals surface area contributed by atoms with E-state index in [1.807, 2.05) is 0 Å². The van der Waals surface area contributed by atoms with Crippen LogP contribution < -0.4 is 0 Å². The number of hydrogen-bond donors (Lipinski definition) is 0. The fraction of sp³-hybridized carbons (Fsp3) is 0.480. The minimum atomic E-state index is -1.62.